The van der Waals surface area contributed by atoms with Crippen LogP contribution in [0.4, 0.5) is 0 Å². The molecule has 0 aliphatic rings. The first-order chi connectivity index (χ1) is 10.1. The molecule has 0 spiro atoms. The molecule has 0 saturated carbocycles. The fraction of sp³-hybridized carbons (Fsp3) is 0.947. The summed E-state index contributed by atoms with van der Waals surface area (Å²) in [6.45, 7) is 17.6. The van der Waals surface area contributed by atoms with Gasteiger partial charge in [-0.1, -0.05) is 0 Å². The molecule has 0 fully saturated rings. The molecule has 0 amide bonds. The molecular formula is C19H40O2Pb. The van der Waals surface area contributed by atoms with Crippen LogP contribution in [-0.4, -0.2) is 27.6 Å². The Bertz CT molecular complexity index is 277. The first-order valence-electron chi connectivity index (χ1n) is 9.31. The van der Waals surface area contributed by atoms with Crippen LogP contribution >= 0.6 is 0 Å². The molecule has 0 aromatic rings. The molecule has 0 aromatic carbocycles. The first kappa shape index (κ1) is 22.4. The van der Waals surface area contributed by atoms with Crippen LogP contribution in [0.1, 0.15) is 74.7 Å². The van der Waals surface area contributed by atoms with Gasteiger partial charge in [0.05, 0.1) is 0 Å². The van der Waals surface area contributed by atoms with Crippen molar-refractivity contribution in [3.05, 3.63) is 0 Å². The summed E-state index contributed by atoms with van der Waals surface area (Å²) < 4.78 is 10.0. The zero-order chi connectivity index (χ0) is 17.3. The number of rotatable bonds is 11. The average Bonchev–Trinajstić information content (AvgIpc) is 2.39. The third kappa shape index (κ3) is 10.2. The van der Waals surface area contributed by atoms with Crippen LogP contribution < -0.4 is 0 Å². The molecule has 132 valence electrons. The summed E-state index contributed by atoms with van der Waals surface area (Å²) in [6.07, 6.45) is 3.68. The van der Waals surface area contributed by atoms with E-state index in [9.17, 15) is 4.79 Å². The van der Waals surface area contributed by atoms with Gasteiger partial charge in [-0.3, -0.25) is 0 Å². The molecule has 0 aromatic heterocycles. The predicted molar refractivity (Wildman–Crippen MR) is 99.5 cm³/mol. The summed E-state index contributed by atoms with van der Waals surface area (Å²) in [6, 6.07) is 0. The molecule has 0 heterocycles. The van der Waals surface area contributed by atoms with E-state index >= 15 is 0 Å². The number of hydrogen-bond acceptors (Lipinski definition) is 2. The third-order valence-electron chi connectivity index (χ3n) is 4.32. The maximum atomic E-state index is 12.3. The van der Waals surface area contributed by atoms with E-state index in [1.165, 1.54) is 31.2 Å². The Morgan fingerprint density at radius 3 is 1.27 bits per heavy atom. The van der Waals surface area contributed by atoms with Crippen LogP contribution in [0.25, 0.3) is 0 Å². The van der Waals surface area contributed by atoms with Gasteiger partial charge >= 0.3 is 145 Å². The Morgan fingerprint density at radius 1 is 0.727 bits per heavy atom. The van der Waals surface area contributed by atoms with Crippen molar-refractivity contribution < 1.29 is 7.48 Å². The van der Waals surface area contributed by atoms with Gasteiger partial charge in [-0.25, -0.2) is 0 Å². The summed E-state index contributed by atoms with van der Waals surface area (Å²) in [5.74, 6) is 2.19. The van der Waals surface area contributed by atoms with Crippen molar-refractivity contribution in [3.8, 4) is 0 Å². The molecule has 0 aliphatic heterocycles. The van der Waals surface area contributed by atoms with Crippen LogP contribution in [0.3, 0.4) is 0 Å². The van der Waals surface area contributed by atoms with Gasteiger partial charge in [0, 0.05) is 0 Å². The summed E-state index contributed by atoms with van der Waals surface area (Å²) >= 11 is -2.98. The summed E-state index contributed by atoms with van der Waals surface area (Å²) in [5.41, 5.74) is 0. The van der Waals surface area contributed by atoms with Crippen LogP contribution in [0.15, 0.2) is 0 Å². The SMILES string of the molecule is CC(C)C[CH2][Pb]([CH2]CC(C)C)([CH2]CC(C)C)[O]C(=O)C(C)C. The molecule has 22 heavy (non-hydrogen) atoms. The summed E-state index contributed by atoms with van der Waals surface area (Å²) in [5, 5.41) is 0. The minimum atomic E-state index is -2.98. The van der Waals surface area contributed by atoms with Crippen LogP contribution in [-0.2, 0) is 7.48 Å². The van der Waals surface area contributed by atoms with Gasteiger partial charge in [-0.05, 0) is 0 Å². The Hall–Kier alpha value is 0.392. The van der Waals surface area contributed by atoms with Gasteiger partial charge in [0.25, 0.3) is 0 Å². The van der Waals surface area contributed by atoms with Gasteiger partial charge in [-0.15, -0.1) is 0 Å². The van der Waals surface area contributed by atoms with E-state index in [4.69, 9.17) is 2.69 Å². The Balaban J connectivity index is 5.12. The van der Waals surface area contributed by atoms with Crippen molar-refractivity contribution in [1.82, 2.24) is 0 Å². The predicted octanol–water partition coefficient (Wildman–Crippen LogP) is 6.27. The maximum absolute atomic E-state index is 12.3. The van der Waals surface area contributed by atoms with Crippen LogP contribution in [0, 0.1) is 23.7 Å². The fourth-order valence-electron chi connectivity index (χ4n) is 2.51. The second-order valence-corrected chi connectivity index (χ2v) is 24.4. The molecule has 0 aliphatic carbocycles. The van der Waals surface area contributed by atoms with Crippen molar-refractivity contribution in [2.24, 2.45) is 23.7 Å². The second kappa shape index (κ2) is 11.0. The molecule has 0 rings (SSSR count). The Labute approximate surface area is 145 Å². The summed E-state index contributed by atoms with van der Waals surface area (Å²) in [7, 11) is 0. The van der Waals surface area contributed by atoms with Crippen LogP contribution in [0.5, 0.6) is 0 Å². The minimum absolute atomic E-state index is 0.0107. The quantitative estimate of drug-likeness (QED) is 0.308. The third-order valence-corrected chi connectivity index (χ3v) is 20.8. The van der Waals surface area contributed by atoms with E-state index in [0.717, 1.165) is 0 Å². The molecule has 0 N–H and O–H groups in total. The molecule has 0 radical (unpaired) electrons. The van der Waals surface area contributed by atoms with Crippen molar-refractivity contribution in [2.75, 3.05) is 0 Å². The van der Waals surface area contributed by atoms with Crippen LogP contribution in [0.2, 0.25) is 11.9 Å². The second-order valence-electron chi connectivity index (χ2n) is 8.56. The van der Waals surface area contributed by atoms with Crippen molar-refractivity contribution in [2.45, 2.75) is 86.6 Å². The zero-order valence-corrected chi connectivity index (χ0v) is 20.3. The van der Waals surface area contributed by atoms with Crippen molar-refractivity contribution in [1.29, 1.82) is 0 Å². The van der Waals surface area contributed by atoms with E-state index in [1.807, 2.05) is 13.8 Å². The molecule has 3 heteroatoms. The zero-order valence-electron chi connectivity index (χ0n) is 16.4. The van der Waals surface area contributed by atoms with E-state index in [0.29, 0.717) is 17.8 Å². The van der Waals surface area contributed by atoms with Gasteiger partial charge < -0.3 is 0 Å². The molecule has 0 saturated heterocycles. The number of carbonyl (C=O) groups excluding carboxylic acids is 1. The van der Waals surface area contributed by atoms with Gasteiger partial charge in [0.15, 0.2) is 0 Å². The Kier molecular flexibility index (Phi) is 11.2. The van der Waals surface area contributed by atoms with Gasteiger partial charge in [-0.2, -0.15) is 0 Å². The molecular weight excluding hydrogens is 467 g/mol. The van der Waals surface area contributed by atoms with E-state index in [1.54, 1.807) is 0 Å². The Morgan fingerprint density at radius 2 is 1.05 bits per heavy atom. The number of hydrogen-bond donors (Lipinski definition) is 0. The topological polar surface area (TPSA) is 26.3 Å². The van der Waals surface area contributed by atoms with Gasteiger partial charge in [0.1, 0.15) is 0 Å². The fourth-order valence-corrected chi connectivity index (χ4v) is 22.1. The molecule has 0 atom stereocenters. The van der Waals surface area contributed by atoms with E-state index in [2.05, 4.69) is 41.5 Å². The number of carbonyl (C=O) groups is 1. The van der Waals surface area contributed by atoms with E-state index < -0.39 is 21.6 Å². The molecule has 0 bridgehead atoms. The van der Waals surface area contributed by atoms with Gasteiger partial charge in [0.2, 0.25) is 0 Å². The first-order valence-corrected chi connectivity index (χ1v) is 19.1. The molecule has 0 unspecified atom stereocenters. The van der Waals surface area contributed by atoms with Crippen molar-refractivity contribution >= 4 is 27.6 Å². The van der Waals surface area contributed by atoms with E-state index in [-0.39, 0.29) is 11.9 Å². The standard InChI is InChI=1S/3C5H11.C4H8O2.Pb/c3*1-4-5(2)3;1-3(2)4(5)6;/h3*5H,1,4H2,2-3H3;3H,1-2H3,(H,5,6);/q;;;;+1/p-1. The normalized spacial score (nSPS) is 12.7. The monoisotopic (exact) mass is 508 g/mol. The molecule has 2 nitrogen and oxygen atoms in total. The summed E-state index contributed by atoms with van der Waals surface area (Å²) in [4.78, 5) is 12.3. The van der Waals surface area contributed by atoms with Crippen molar-refractivity contribution in [3.63, 3.8) is 0 Å². The average molecular weight is 508 g/mol.